The van der Waals surface area contributed by atoms with Crippen molar-refractivity contribution in [3.8, 4) is 0 Å². The molecule has 0 aliphatic rings. The molecule has 9 heteroatoms. The fourth-order valence-corrected chi connectivity index (χ4v) is 3.39. The van der Waals surface area contributed by atoms with Gasteiger partial charge in [0.2, 0.25) is 5.91 Å². The van der Waals surface area contributed by atoms with E-state index in [1.165, 1.54) is 30.0 Å². The monoisotopic (exact) mass is 388 g/mol. The number of nitrogens with one attached hydrogen (secondary N) is 1. The number of nitrogens with zero attached hydrogens (tertiary/aromatic N) is 3. The maximum Gasteiger partial charge on any atom is 0.271 e. The number of hydrogen-bond donors (Lipinski definition) is 1. The lowest BCUT2D eigenvalue weighted by molar-refractivity contribution is -0.384. The van der Waals surface area contributed by atoms with Crippen LogP contribution in [0.15, 0.2) is 47.5 Å². The van der Waals surface area contributed by atoms with E-state index in [-0.39, 0.29) is 22.4 Å². The van der Waals surface area contributed by atoms with Crippen molar-refractivity contribution in [2.45, 2.75) is 11.9 Å². The highest BCUT2D eigenvalue weighted by atomic mass is 35.5. The smallest absolute Gasteiger partial charge is 0.271 e. The van der Waals surface area contributed by atoms with Gasteiger partial charge in [-0.2, -0.15) is 0 Å². The van der Waals surface area contributed by atoms with E-state index in [1.54, 1.807) is 6.92 Å². The maximum absolute atomic E-state index is 12.2. The Morgan fingerprint density at radius 2 is 2.04 bits per heavy atom. The molecule has 0 radical (unpaired) electrons. The van der Waals surface area contributed by atoms with Gasteiger partial charge < -0.3 is 5.32 Å². The van der Waals surface area contributed by atoms with Crippen molar-refractivity contribution in [2.75, 3.05) is 11.1 Å². The molecule has 26 heavy (non-hydrogen) atoms. The first-order chi connectivity index (χ1) is 12.4. The third-order valence-electron chi connectivity index (χ3n) is 3.46. The quantitative estimate of drug-likeness (QED) is 0.304. The largest absolute Gasteiger partial charge is 0.324 e. The molecule has 0 unspecified atom stereocenters. The molecule has 0 fully saturated rings. The number of anilines is 1. The summed E-state index contributed by atoms with van der Waals surface area (Å²) in [5.41, 5.74) is 1.01. The van der Waals surface area contributed by atoms with Crippen molar-refractivity contribution in [3.63, 3.8) is 0 Å². The summed E-state index contributed by atoms with van der Waals surface area (Å²) in [4.78, 5) is 31.2. The van der Waals surface area contributed by atoms with Gasteiger partial charge in [0.25, 0.3) is 5.69 Å². The van der Waals surface area contributed by atoms with Crippen LogP contribution in [0.3, 0.4) is 0 Å². The third kappa shape index (κ3) is 4.09. The number of carbonyl (C=O) groups is 1. The van der Waals surface area contributed by atoms with E-state index in [0.717, 1.165) is 15.9 Å². The van der Waals surface area contributed by atoms with Crippen molar-refractivity contribution >= 4 is 51.5 Å². The van der Waals surface area contributed by atoms with Gasteiger partial charge in [0.1, 0.15) is 10.9 Å². The van der Waals surface area contributed by atoms with E-state index in [9.17, 15) is 14.9 Å². The van der Waals surface area contributed by atoms with Crippen LogP contribution in [-0.4, -0.2) is 26.6 Å². The zero-order valence-corrected chi connectivity index (χ0v) is 15.2. The molecule has 0 aliphatic heterocycles. The molecule has 0 atom stereocenters. The molecule has 0 saturated carbocycles. The summed E-state index contributed by atoms with van der Waals surface area (Å²) in [6.45, 7) is 1.80. The standard InChI is InChI=1S/C17H13ClN4O3S/c1-10-19-14-5-3-2-4-12(14)17(20-10)26-9-16(23)21-15-7-6-11(22(24)25)8-13(15)18/h2-8H,9H2,1H3,(H,21,23). The van der Waals surface area contributed by atoms with E-state index >= 15 is 0 Å². The first kappa shape index (κ1) is 18.1. The van der Waals surface area contributed by atoms with Crippen LogP contribution in [0, 0.1) is 17.0 Å². The molecule has 1 amide bonds. The SMILES string of the molecule is Cc1nc(SCC(=O)Nc2ccc([N+](=O)[O-])cc2Cl)c2ccccc2n1. The fraction of sp³-hybridized carbons (Fsp3) is 0.118. The predicted molar refractivity (Wildman–Crippen MR) is 102 cm³/mol. The second kappa shape index (κ2) is 7.67. The zero-order valence-electron chi connectivity index (χ0n) is 13.6. The average molecular weight is 389 g/mol. The molecule has 0 aliphatic carbocycles. The van der Waals surface area contributed by atoms with Crippen molar-refractivity contribution in [1.82, 2.24) is 9.97 Å². The summed E-state index contributed by atoms with van der Waals surface area (Å²) < 4.78 is 0. The Hall–Kier alpha value is -2.71. The van der Waals surface area contributed by atoms with Crippen molar-refractivity contribution in [1.29, 1.82) is 0 Å². The van der Waals surface area contributed by atoms with Crippen LogP contribution in [0.2, 0.25) is 5.02 Å². The Labute approximate surface area is 157 Å². The van der Waals surface area contributed by atoms with E-state index in [2.05, 4.69) is 15.3 Å². The lowest BCUT2D eigenvalue weighted by Gasteiger charge is -2.08. The second-order valence-electron chi connectivity index (χ2n) is 5.35. The number of nitro groups is 1. The van der Waals surface area contributed by atoms with Crippen LogP contribution in [0.5, 0.6) is 0 Å². The number of carbonyl (C=O) groups excluding carboxylic acids is 1. The van der Waals surface area contributed by atoms with Gasteiger partial charge in [-0.3, -0.25) is 14.9 Å². The van der Waals surface area contributed by atoms with Crippen LogP contribution < -0.4 is 5.32 Å². The molecular formula is C17H13ClN4O3S. The van der Waals surface area contributed by atoms with Gasteiger partial charge in [-0.1, -0.05) is 41.6 Å². The van der Waals surface area contributed by atoms with Gasteiger partial charge in [-0.25, -0.2) is 9.97 Å². The predicted octanol–water partition coefficient (Wildman–Crippen LogP) is 4.23. The number of non-ortho nitro benzene ring substituents is 1. The summed E-state index contributed by atoms with van der Waals surface area (Å²) >= 11 is 7.28. The van der Waals surface area contributed by atoms with Gasteiger partial charge in [0.05, 0.1) is 26.9 Å². The molecule has 3 aromatic rings. The second-order valence-corrected chi connectivity index (χ2v) is 6.72. The fourth-order valence-electron chi connectivity index (χ4n) is 2.31. The minimum Gasteiger partial charge on any atom is -0.324 e. The number of thioether (sulfide) groups is 1. The highest BCUT2D eigenvalue weighted by molar-refractivity contribution is 8.00. The van der Waals surface area contributed by atoms with Gasteiger partial charge in [-0.15, -0.1) is 0 Å². The number of aromatic nitrogens is 2. The number of benzene rings is 2. The molecule has 2 aromatic carbocycles. The molecule has 3 rings (SSSR count). The van der Waals surface area contributed by atoms with Crippen molar-refractivity contribution < 1.29 is 9.72 Å². The zero-order chi connectivity index (χ0) is 18.7. The first-order valence-corrected chi connectivity index (χ1v) is 8.90. The Balaban J connectivity index is 1.71. The summed E-state index contributed by atoms with van der Waals surface area (Å²) in [5.74, 6) is 0.462. The summed E-state index contributed by atoms with van der Waals surface area (Å²) in [7, 11) is 0. The minimum atomic E-state index is -0.546. The lowest BCUT2D eigenvalue weighted by Crippen LogP contribution is -2.14. The Morgan fingerprint density at radius 3 is 2.77 bits per heavy atom. The molecule has 0 spiro atoms. The molecule has 7 nitrogen and oxygen atoms in total. The van der Waals surface area contributed by atoms with Crippen LogP contribution >= 0.6 is 23.4 Å². The number of fused-ring (bicyclic) bond motifs is 1. The van der Waals surface area contributed by atoms with Gasteiger partial charge in [-0.05, 0) is 19.1 Å². The Kier molecular flexibility index (Phi) is 5.34. The van der Waals surface area contributed by atoms with Gasteiger partial charge in [0.15, 0.2) is 0 Å². The van der Waals surface area contributed by atoms with Gasteiger partial charge >= 0.3 is 0 Å². The number of rotatable bonds is 5. The number of nitro benzene ring substituents is 1. The number of hydrogen-bond acceptors (Lipinski definition) is 6. The van der Waals surface area contributed by atoms with E-state index < -0.39 is 4.92 Å². The lowest BCUT2D eigenvalue weighted by atomic mass is 10.2. The van der Waals surface area contributed by atoms with Crippen molar-refractivity contribution in [3.05, 3.63) is 63.4 Å². The summed E-state index contributed by atoms with van der Waals surface area (Å²) in [6.07, 6.45) is 0. The molecule has 132 valence electrons. The minimum absolute atomic E-state index is 0.112. The van der Waals surface area contributed by atoms with E-state index in [4.69, 9.17) is 11.6 Å². The van der Waals surface area contributed by atoms with Crippen LogP contribution in [0.4, 0.5) is 11.4 Å². The Morgan fingerprint density at radius 1 is 1.27 bits per heavy atom. The van der Waals surface area contributed by atoms with Crippen molar-refractivity contribution in [2.24, 2.45) is 0 Å². The van der Waals surface area contributed by atoms with Crippen LogP contribution in [0.25, 0.3) is 10.9 Å². The summed E-state index contributed by atoms with van der Waals surface area (Å²) in [6, 6.07) is 11.5. The average Bonchev–Trinajstić information content (AvgIpc) is 2.61. The first-order valence-electron chi connectivity index (χ1n) is 7.54. The highest BCUT2D eigenvalue weighted by Gasteiger charge is 2.13. The third-order valence-corrected chi connectivity index (χ3v) is 4.76. The van der Waals surface area contributed by atoms with Crippen LogP contribution in [-0.2, 0) is 4.79 Å². The van der Waals surface area contributed by atoms with E-state index in [0.29, 0.717) is 11.5 Å². The molecule has 0 saturated heterocycles. The number of amides is 1. The summed E-state index contributed by atoms with van der Waals surface area (Å²) in [5, 5.41) is 15.1. The highest BCUT2D eigenvalue weighted by Crippen LogP contribution is 2.28. The number of halogens is 1. The molecule has 1 N–H and O–H groups in total. The Bertz CT molecular complexity index is 1010. The molecule has 1 aromatic heterocycles. The normalized spacial score (nSPS) is 10.7. The molecular weight excluding hydrogens is 376 g/mol. The van der Waals surface area contributed by atoms with Gasteiger partial charge in [0, 0.05) is 17.5 Å². The maximum atomic E-state index is 12.2. The molecule has 1 heterocycles. The topological polar surface area (TPSA) is 98.0 Å². The van der Waals surface area contributed by atoms with Crippen LogP contribution in [0.1, 0.15) is 5.82 Å². The van der Waals surface area contributed by atoms with E-state index in [1.807, 2.05) is 24.3 Å². The molecule has 0 bridgehead atoms. The number of para-hydroxylation sites is 1. The number of aryl methyl sites for hydroxylation is 1.